The number of nitrogens with one attached hydrogen (secondary N) is 1. The number of hydrogen-bond acceptors (Lipinski definition) is 3. The molecule has 0 saturated heterocycles. The van der Waals surface area contributed by atoms with Gasteiger partial charge in [-0.15, -0.1) is 0 Å². The molecule has 0 radical (unpaired) electrons. The zero-order chi connectivity index (χ0) is 21.6. The molecule has 0 aliphatic carbocycles. The van der Waals surface area contributed by atoms with Crippen LogP contribution < -0.4 is 14.8 Å². The maximum Gasteiger partial charge on any atom is 0.251 e. The largest absolute Gasteiger partial charge is 0.496 e. The fraction of sp³-hybridized carbons (Fsp3) is 0.115. The van der Waals surface area contributed by atoms with Gasteiger partial charge in [0.15, 0.2) is 0 Å². The molecule has 0 spiro atoms. The van der Waals surface area contributed by atoms with Crippen molar-refractivity contribution in [2.45, 2.75) is 13.2 Å². The van der Waals surface area contributed by atoms with E-state index >= 15 is 0 Å². The van der Waals surface area contributed by atoms with Crippen molar-refractivity contribution in [2.75, 3.05) is 7.11 Å². The fourth-order valence-electron chi connectivity index (χ4n) is 3.40. The molecule has 5 heteroatoms. The number of carbonyl (C=O) groups excluding carboxylic acids is 1. The molecule has 156 valence electrons. The molecule has 31 heavy (non-hydrogen) atoms. The maximum absolute atomic E-state index is 12.7. The van der Waals surface area contributed by atoms with E-state index < -0.39 is 0 Å². The Morgan fingerprint density at radius 2 is 1.68 bits per heavy atom. The molecule has 0 bridgehead atoms. The van der Waals surface area contributed by atoms with Crippen molar-refractivity contribution in [2.24, 2.45) is 0 Å². The lowest BCUT2D eigenvalue weighted by atomic mass is 10.1. The number of carbonyl (C=O) groups is 1. The highest BCUT2D eigenvalue weighted by atomic mass is 35.5. The van der Waals surface area contributed by atoms with E-state index in [4.69, 9.17) is 21.1 Å². The fourth-order valence-corrected chi connectivity index (χ4v) is 3.52. The monoisotopic (exact) mass is 431 g/mol. The van der Waals surface area contributed by atoms with Crippen LogP contribution >= 0.6 is 11.6 Å². The Balaban J connectivity index is 1.49. The van der Waals surface area contributed by atoms with E-state index in [0.717, 1.165) is 27.6 Å². The van der Waals surface area contributed by atoms with Crippen LogP contribution in [0.2, 0.25) is 5.02 Å². The summed E-state index contributed by atoms with van der Waals surface area (Å²) >= 11 is 5.91. The number of halogens is 1. The molecule has 4 rings (SSSR count). The first-order chi connectivity index (χ1) is 15.1. The van der Waals surface area contributed by atoms with Crippen molar-refractivity contribution >= 4 is 28.3 Å². The Kier molecular flexibility index (Phi) is 6.39. The first-order valence-corrected chi connectivity index (χ1v) is 10.3. The summed E-state index contributed by atoms with van der Waals surface area (Å²) in [5.41, 5.74) is 2.33. The third-order valence-electron chi connectivity index (χ3n) is 5.04. The summed E-state index contributed by atoms with van der Waals surface area (Å²) in [5, 5.41) is 5.76. The van der Waals surface area contributed by atoms with Crippen LogP contribution in [0, 0.1) is 0 Å². The maximum atomic E-state index is 12.7. The van der Waals surface area contributed by atoms with Crippen molar-refractivity contribution in [3.63, 3.8) is 0 Å². The molecule has 0 heterocycles. The first-order valence-electron chi connectivity index (χ1n) is 9.94. The van der Waals surface area contributed by atoms with Crippen LogP contribution in [0.15, 0.2) is 84.9 Å². The number of methoxy groups -OCH3 is 1. The summed E-state index contributed by atoms with van der Waals surface area (Å²) in [6.07, 6.45) is 0. The third kappa shape index (κ3) is 4.98. The number of rotatable bonds is 7. The van der Waals surface area contributed by atoms with Gasteiger partial charge in [0.2, 0.25) is 0 Å². The molecule has 0 unspecified atom stereocenters. The van der Waals surface area contributed by atoms with E-state index in [2.05, 4.69) is 17.4 Å². The van der Waals surface area contributed by atoms with Crippen molar-refractivity contribution in [3.05, 3.63) is 107 Å². The van der Waals surface area contributed by atoms with Gasteiger partial charge in [-0.25, -0.2) is 0 Å². The molecule has 1 N–H and O–H groups in total. The van der Waals surface area contributed by atoms with Crippen LogP contribution in [0.1, 0.15) is 21.5 Å². The molecule has 4 aromatic carbocycles. The van der Waals surface area contributed by atoms with Gasteiger partial charge in [-0.05, 0) is 47.3 Å². The topological polar surface area (TPSA) is 47.6 Å². The summed E-state index contributed by atoms with van der Waals surface area (Å²) in [6.45, 7) is 0.708. The van der Waals surface area contributed by atoms with E-state index in [0.29, 0.717) is 22.9 Å². The molecule has 0 saturated carbocycles. The minimum Gasteiger partial charge on any atom is -0.496 e. The Bertz CT molecular complexity index is 1200. The van der Waals surface area contributed by atoms with Gasteiger partial charge in [0.05, 0.1) is 7.11 Å². The summed E-state index contributed by atoms with van der Waals surface area (Å²) in [6, 6.07) is 26.8. The number of fused-ring (bicyclic) bond motifs is 1. The van der Waals surface area contributed by atoms with Gasteiger partial charge in [0, 0.05) is 28.1 Å². The second-order valence-electron chi connectivity index (χ2n) is 7.10. The van der Waals surface area contributed by atoms with Crippen LogP contribution in [0.4, 0.5) is 0 Å². The highest BCUT2D eigenvalue weighted by molar-refractivity contribution is 6.30. The molecule has 0 aliphatic rings. The second kappa shape index (κ2) is 9.54. The molecular formula is C26H22ClNO3. The molecule has 4 nitrogen and oxygen atoms in total. The summed E-state index contributed by atoms with van der Waals surface area (Å²) in [5.74, 6) is 1.30. The highest BCUT2D eigenvalue weighted by Crippen LogP contribution is 2.28. The zero-order valence-electron chi connectivity index (χ0n) is 17.1. The summed E-state index contributed by atoms with van der Waals surface area (Å²) in [7, 11) is 1.61. The van der Waals surface area contributed by atoms with Gasteiger partial charge in [0.25, 0.3) is 5.91 Å². The molecule has 1 amide bonds. The molecule has 0 aromatic heterocycles. The number of benzene rings is 4. The molecule has 0 fully saturated rings. The SMILES string of the molecule is COc1ccc(C(=O)NCc2ccc(Cl)cc2)cc1COc1cccc2ccccc12. The summed E-state index contributed by atoms with van der Waals surface area (Å²) in [4.78, 5) is 12.7. The Morgan fingerprint density at radius 1 is 0.903 bits per heavy atom. The van der Waals surface area contributed by atoms with Gasteiger partial charge in [-0.1, -0.05) is 60.1 Å². The van der Waals surface area contributed by atoms with Crippen LogP contribution in [-0.2, 0) is 13.2 Å². The van der Waals surface area contributed by atoms with Gasteiger partial charge in [0.1, 0.15) is 18.1 Å². The van der Waals surface area contributed by atoms with Crippen LogP contribution in [0.5, 0.6) is 11.5 Å². The lowest BCUT2D eigenvalue weighted by molar-refractivity contribution is 0.0950. The van der Waals surface area contributed by atoms with Crippen molar-refractivity contribution < 1.29 is 14.3 Å². The zero-order valence-corrected chi connectivity index (χ0v) is 17.9. The molecular weight excluding hydrogens is 410 g/mol. The van der Waals surface area contributed by atoms with E-state index in [1.54, 1.807) is 37.4 Å². The van der Waals surface area contributed by atoms with E-state index in [1.807, 2.05) is 42.5 Å². The van der Waals surface area contributed by atoms with Crippen LogP contribution in [-0.4, -0.2) is 13.0 Å². The van der Waals surface area contributed by atoms with Crippen LogP contribution in [0.25, 0.3) is 10.8 Å². The summed E-state index contributed by atoms with van der Waals surface area (Å²) < 4.78 is 11.6. The van der Waals surface area contributed by atoms with Gasteiger partial charge < -0.3 is 14.8 Å². The minimum absolute atomic E-state index is 0.163. The highest BCUT2D eigenvalue weighted by Gasteiger charge is 2.12. The number of hydrogen-bond donors (Lipinski definition) is 1. The first kappa shape index (κ1) is 20.8. The van der Waals surface area contributed by atoms with Gasteiger partial charge in [-0.2, -0.15) is 0 Å². The Hall–Kier alpha value is -3.50. The Morgan fingerprint density at radius 3 is 2.48 bits per heavy atom. The van der Waals surface area contributed by atoms with Crippen molar-refractivity contribution in [1.82, 2.24) is 5.32 Å². The van der Waals surface area contributed by atoms with E-state index in [9.17, 15) is 4.79 Å². The second-order valence-corrected chi connectivity index (χ2v) is 7.54. The van der Waals surface area contributed by atoms with E-state index in [1.165, 1.54) is 0 Å². The number of ether oxygens (including phenoxy) is 2. The van der Waals surface area contributed by atoms with Gasteiger partial charge >= 0.3 is 0 Å². The predicted octanol–water partition coefficient (Wildman–Crippen LogP) is 6.01. The molecule has 0 aliphatic heterocycles. The molecule has 0 atom stereocenters. The van der Waals surface area contributed by atoms with E-state index in [-0.39, 0.29) is 12.5 Å². The van der Waals surface area contributed by atoms with Gasteiger partial charge in [-0.3, -0.25) is 4.79 Å². The Labute approximate surface area is 186 Å². The standard InChI is InChI=1S/C26H22ClNO3/c1-30-24-14-11-20(26(29)28-16-18-9-12-22(27)13-10-18)15-21(24)17-31-25-8-4-6-19-5-2-3-7-23(19)25/h2-15H,16-17H2,1H3,(H,28,29). The minimum atomic E-state index is -0.163. The lowest BCUT2D eigenvalue weighted by Gasteiger charge is -2.14. The van der Waals surface area contributed by atoms with Crippen molar-refractivity contribution in [1.29, 1.82) is 0 Å². The predicted molar refractivity (Wildman–Crippen MR) is 124 cm³/mol. The lowest BCUT2D eigenvalue weighted by Crippen LogP contribution is -2.23. The quantitative estimate of drug-likeness (QED) is 0.389. The molecule has 4 aromatic rings. The smallest absolute Gasteiger partial charge is 0.251 e. The normalized spacial score (nSPS) is 10.6. The number of amides is 1. The third-order valence-corrected chi connectivity index (χ3v) is 5.29. The average Bonchev–Trinajstić information content (AvgIpc) is 2.82. The average molecular weight is 432 g/mol. The van der Waals surface area contributed by atoms with Crippen molar-refractivity contribution in [3.8, 4) is 11.5 Å². The van der Waals surface area contributed by atoms with Crippen LogP contribution in [0.3, 0.4) is 0 Å².